The molecule has 0 spiro atoms. The lowest BCUT2D eigenvalue weighted by molar-refractivity contribution is 0.113. The van der Waals surface area contributed by atoms with Gasteiger partial charge >= 0.3 is 0 Å². The van der Waals surface area contributed by atoms with E-state index in [1.807, 2.05) is 6.07 Å². The van der Waals surface area contributed by atoms with Gasteiger partial charge < -0.3 is 10.0 Å². The summed E-state index contributed by atoms with van der Waals surface area (Å²) < 4.78 is 0. The molecular weight excluding hydrogens is 294 g/mol. The minimum atomic E-state index is -0.280. The van der Waals surface area contributed by atoms with Crippen LogP contribution in [0.4, 0.5) is 5.69 Å². The molecule has 0 bridgehead atoms. The summed E-state index contributed by atoms with van der Waals surface area (Å²) in [7, 11) is 0. The van der Waals surface area contributed by atoms with Crippen molar-refractivity contribution >= 4 is 16.5 Å². The highest BCUT2D eigenvalue weighted by Gasteiger charge is 2.30. The van der Waals surface area contributed by atoms with E-state index in [2.05, 4.69) is 71.6 Å². The van der Waals surface area contributed by atoms with E-state index in [4.69, 9.17) is 0 Å². The van der Waals surface area contributed by atoms with Crippen LogP contribution in [-0.4, -0.2) is 23.8 Å². The number of aliphatic hydroxyl groups is 1. The van der Waals surface area contributed by atoms with Crippen LogP contribution in [-0.2, 0) is 6.42 Å². The summed E-state index contributed by atoms with van der Waals surface area (Å²) in [5.74, 6) is 0. The average molecular weight is 317 g/mol. The second-order valence-electron chi connectivity index (χ2n) is 6.65. The number of hydrogen-bond donors (Lipinski definition) is 1. The molecule has 3 aromatic rings. The van der Waals surface area contributed by atoms with Crippen molar-refractivity contribution in [1.29, 1.82) is 0 Å². The highest BCUT2D eigenvalue weighted by Crippen LogP contribution is 2.29. The van der Waals surface area contributed by atoms with Crippen molar-refractivity contribution in [2.45, 2.75) is 31.4 Å². The fourth-order valence-electron chi connectivity index (χ4n) is 3.92. The molecule has 4 rings (SSSR count). The minimum Gasteiger partial charge on any atom is -0.391 e. The van der Waals surface area contributed by atoms with Gasteiger partial charge in [0.2, 0.25) is 0 Å². The quantitative estimate of drug-likeness (QED) is 0.773. The zero-order chi connectivity index (χ0) is 16.4. The molecule has 2 heteroatoms. The molecule has 1 fully saturated rings. The standard InChI is InChI=1S/C22H23NO/c24-22-14-7-15-23(19-11-2-1-3-12-19)21(22)16-18-10-6-9-17-8-4-5-13-20(17)18/h1-6,8-13,21-22,24H,7,14-16H2. The summed E-state index contributed by atoms with van der Waals surface area (Å²) in [6, 6.07) is 25.6. The molecule has 1 aliphatic heterocycles. The monoisotopic (exact) mass is 317 g/mol. The van der Waals surface area contributed by atoms with Crippen molar-refractivity contribution in [3.63, 3.8) is 0 Å². The van der Waals surface area contributed by atoms with Gasteiger partial charge in [-0.2, -0.15) is 0 Å². The summed E-state index contributed by atoms with van der Waals surface area (Å²) in [4.78, 5) is 2.38. The maximum Gasteiger partial charge on any atom is 0.0747 e. The van der Waals surface area contributed by atoms with Gasteiger partial charge in [-0.05, 0) is 47.7 Å². The number of piperidine rings is 1. The topological polar surface area (TPSA) is 23.5 Å². The first kappa shape index (κ1) is 15.2. The lowest BCUT2D eigenvalue weighted by atomic mass is 9.90. The van der Waals surface area contributed by atoms with E-state index < -0.39 is 0 Å². The lowest BCUT2D eigenvalue weighted by Gasteiger charge is -2.41. The molecule has 1 aliphatic rings. The summed E-state index contributed by atoms with van der Waals surface area (Å²) in [5, 5.41) is 13.3. The van der Waals surface area contributed by atoms with Gasteiger partial charge in [0, 0.05) is 12.2 Å². The Morgan fingerprint density at radius 2 is 1.62 bits per heavy atom. The van der Waals surface area contributed by atoms with Gasteiger partial charge in [0.1, 0.15) is 0 Å². The molecule has 0 aromatic heterocycles. The normalized spacial score (nSPS) is 21.1. The van der Waals surface area contributed by atoms with Gasteiger partial charge in [0.25, 0.3) is 0 Å². The number of hydrogen-bond acceptors (Lipinski definition) is 2. The molecule has 1 heterocycles. The van der Waals surface area contributed by atoms with Crippen molar-refractivity contribution in [2.75, 3.05) is 11.4 Å². The lowest BCUT2D eigenvalue weighted by Crippen LogP contribution is -2.49. The predicted octanol–water partition coefficient (Wildman–Crippen LogP) is 4.41. The third kappa shape index (κ3) is 2.90. The maximum atomic E-state index is 10.7. The second kappa shape index (κ2) is 6.66. The van der Waals surface area contributed by atoms with Gasteiger partial charge in [-0.1, -0.05) is 60.7 Å². The fraction of sp³-hybridized carbons (Fsp3) is 0.273. The van der Waals surface area contributed by atoms with Crippen molar-refractivity contribution in [2.24, 2.45) is 0 Å². The number of fused-ring (bicyclic) bond motifs is 1. The Hall–Kier alpha value is -2.32. The largest absolute Gasteiger partial charge is 0.391 e. The molecule has 0 saturated carbocycles. The Kier molecular flexibility index (Phi) is 4.22. The third-order valence-corrected chi connectivity index (χ3v) is 5.14. The van der Waals surface area contributed by atoms with Crippen LogP contribution in [0.15, 0.2) is 72.8 Å². The maximum absolute atomic E-state index is 10.7. The first-order valence-corrected chi connectivity index (χ1v) is 8.79. The second-order valence-corrected chi connectivity index (χ2v) is 6.65. The predicted molar refractivity (Wildman–Crippen MR) is 100 cm³/mol. The molecule has 2 unspecified atom stereocenters. The van der Waals surface area contributed by atoms with E-state index in [0.717, 1.165) is 25.8 Å². The van der Waals surface area contributed by atoms with Crippen LogP contribution < -0.4 is 4.90 Å². The zero-order valence-corrected chi connectivity index (χ0v) is 13.8. The van der Waals surface area contributed by atoms with Crippen molar-refractivity contribution in [3.05, 3.63) is 78.4 Å². The Morgan fingerprint density at radius 3 is 2.50 bits per heavy atom. The van der Waals surface area contributed by atoms with Crippen molar-refractivity contribution < 1.29 is 5.11 Å². The van der Waals surface area contributed by atoms with Gasteiger partial charge in [0.15, 0.2) is 0 Å². The molecule has 0 radical (unpaired) electrons. The van der Waals surface area contributed by atoms with Crippen LogP contribution in [0.25, 0.3) is 10.8 Å². The Labute approximate surface area is 143 Å². The number of para-hydroxylation sites is 1. The van der Waals surface area contributed by atoms with Gasteiger partial charge in [-0.3, -0.25) is 0 Å². The van der Waals surface area contributed by atoms with E-state index in [9.17, 15) is 5.11 Å². The van der Waals surface area contributed by atoms with Gasteiger partial charge in [-0.15, -0.1) is 0 Å². The molecule has 122 valence electrons. The minimum absolute atomic E-state index is 0.131. The number of anilines is 1. The molecule has 3 aromatic carbocycles. The third-order valence-electron chi connectivity index (χ3n) is 5.14. The molecule has 1 N–H and O–H groups in total. The van der Waals surface area contributed by atoms with E-state index in [-0.39, 0.29) is 12.1 Å². The van der Waals surface area contributed by atoms with E-state index in [1.165, 1.54) is 22.0 Å². The van der Waals surface area contributed by atoms with Crippen LogP contribution in [0.1, 0.15) is 18.4 Å². The number of nitrogens with zero attached hydrogens (tertiary/aromatic N) is 1. The van der Waals surface area contributed by atoms with Crippen LogP contribution in [0.3, 0.4) is 0 Å². The molecule has 1 saturated heterocycles. The van der Waals surface area contributed by atoms with Crippen LogP contribution in [0.5, 0.6) is 0 Å². The van der Waals surface area contributed by atoms with E-state index >= 15 is 0 Å². The van der Waals surface area contributed by atoms with Crippen molar-refractivity contribution in [1.82, 2.24) is 0 Å². The zero-order valence-electron chi connectivity index (χ0n) is 13.8. The van der Waals surface area contributed by atoms with Crippen LogP contribution in [0, 0.1) is 0 Å². The molecule has 0 aliphatic carbocycles. The number of aliphatic hydroxyl groups excluding tert-OH is 1. The summed E-state index contributed by atoms with van der Waals surface area (Å²) in [6.07, 6.45) is 2.52. The molecule has 24 heavy (non-hydrogen) atoms. The Morgan fingerprint density at radius 1 is 0.875 bits per heavy atom. The fourth-order valence-corrected chi connectivity index (χ4v) is 3.92. The smallest absolute Gasteiger partial charge is 0.0747 e. The number of benzene rings is 3. The Balaban J connectivity index is 1.69. The highest BCUT2D eigenvalue weighted by atomic mass is 16.3. The van der Waals surface area contributed by atoms with E-state index in [0.29, 0.717) is 0 Å². The highest BCUT2D eigenvalue weighted by molar-refractivity contribution is 5.85. The van der Waals surface area contributed by atoms with Crippen LogP contribution in [0.2, 0.25) is 0 Å². The van der Waals surface area contributed by atoms with Gasteiger partial charge in [-0.25, -0.2) is 0 Å². The SMILES string of the molecule is OC1CCCN(c2ccccc2)C1Cc1cccc2ccccc12. The first-order chi connectivity index (χ1) is 11.8. The molecule has 2 nitrogen and oxygen atoms in total. The number of rotatable bonds is 3. The molecule has 0 amide bonds. The first-order valence-electron chi connectivity index (χ1n) is 8.79. The van der Waals surface area contributed by atoms with Crippen molar-refractivity contribution in [3.8, 4) is 0 Å². The summed E-state index contributed by atoms with van der Waals surface area (Å²) in [5.41, 5.74) is 2.53. The summed E-state index contributed by atoms with van der Waals surface area (Å²) in [6.45, 7) is 1.01. The Bertz CT molecular complexity index is 809. The molecule has 2 atom stereocenters. The van der Waals surface area contributed by atoms with Gasteiger partial charge in [0.05, 0.1) is 12.1 Å². The molecular formula is C22H23NO. The summed E-state index contributed by atoms with van der Waals surface area (Å²) >= 11 is 0. The van der Waals surface area contributed by atoms with Crippen LogP contribution >= 0.6 is 0 Å². The average Bonchev–Trinajstić information content (AvgIpc) is 2.64. The van der Waals surface area contributed by atoms with E-state index in [1.54, 1.807) is 0 Å².